The Kier molecular flexibility index (Phi) is 23.6. The van der Waals surface area contributed by atoms with Crippen LogP contribution >= 0.6 is 0 Å². The number of fused-ring (bicyclic) bond motifs is 6. The van der Waals surface area contributed by atoms with Crippen LogP contribution < -0.4 is 18.9 Å². The van der Waals surface area contributed by atoms with Crippen molar-refractivity contribution in [2.24, 2.45) is 0 Å². The highest BCUT2D eigenvalue weighted by molar-refractivity contribution is 6.86. The van der Waals surface area contributed by atoms with Crippen molar-refractivity contribution in [3.63, 3.8) is 0 Å². The predicted octanol–water partition coefficient (Wildman–Crippen LogP) is 21.9. The Morgan fingerprint density at radius 3 is 0.644 bits per heavy atom. The van der Waals surface area contributed by atoms with Crippen LogP contribution in [0.2, 0.25) is 157 Å². The molecule has 0 aliphatic heterocycles. The molecule has 0 N–H and O–H groups in total. The first-order chi connectivity index (χ1) is 48.3. The molecule has 4 nitrogen and oxygen atoms in total. The van der Waals surface area contributed by atoms with E-state index in [1.165, 1.54) is 0 Å². The first-order valence-electron chi connectivity index (χ1n) is 36.3. The van der Waals surface area contributed by atoms with Gasteiger partial charge in [-0.2, -0.15) is 0 Å². The summed E-state index contributed by atoms with van der Waals surface area (Å²) >= 11 is 0. The number of allylic oxidation sites excluding steroid dienone is 22. The maximum absolute atomic E-state index is 6.39. The van der Waals surface area contributed by atoms with E-state index in [1.807, 2.05) is 0 Å². The van der Waals surface area contributed by atoms with Crippen LogP contribution in [0.15, 0.2) is 154 Å². The summed E-state index contributed by atoms with van der Waals surface area (Å²) in [7, 11) is -8.16. The zero-order valence-corrected chi connectivity index (χ0v) is 75.4. The fourth-order valence-corrected chi connectivity index (χ4v) is 16.2. The molecular weight excluding hydrogens is 1390 g/mol. The normalized spacial score (nSPS) is 15.0. The number of hydrogen-bond acceptors (Lipinski definition) is 4. The summed E-state index contributed by atoms with van der Waals surface area (Å²) in [5, 5.41) is 0. The van der Waals surface area contributed by atoms with Crippen LogP contribution in [-0.2, 0) is 0 Å². The van der Waals surface area contributed by atoms with E-state index in [0.717, 1.165) is 134 Å². The Labute approximate surface area is 634 Å². The summed E-state index contributed by atoms with van der Waals surface area (Å²) in [5.41, 5.74) is 53.7. The van der Waals surface area contributed by atoms with Crippen LogP contribution in [0.3, 0.4) is 0 Å². The lowest BCUT2D eigenvalue weighted by atomic mass is 9.85. The first-order valence-corrected chi connectivity index (χ1v) is 64.3. The number of hydrogen-bond donors (Lipinski definition) is 0. The summed E-state index contributed by atoms with van der Waals surface area (Å²) in [5.74, 6) is 32.4. The standard InChI is InChI=1S/C92H106O4Si8/c1-93-89-73(37-45-97(5,6)7)57-81(58-74(89)38-46-98(8,9)10)85-65-29-31-67(53-65)86(82-59-75(39-47-99(11,12)13)90(94-2)76(60-82)40-48-100(14,15)16)69-33-35-71(55-69)88(84-63-79(43-51-103(23,24)25)92(96-4)80(64-84)44-52-104(26,27)28)72-36-34-70(56-72)87(68-32-30-66(85)54-68)83-61-77(41-49-101(17,18)19)91(95-3)78(62-83)42-50-102(20,21)22/h29-36,53,56-64H,54-55H2,1-28H3. The van der Waals surface area contributed by atoms with Gasteiger partial charge >= 0.3 is 0 Å². The minimum absolute atomic E-state index is 0.596. The minimum atomic E-state index is -1.90. The molecule has 9 rings (SSSR count). The molecule has 0 amide bonds. The average molecular weight is 1500 g/mol. The predicted molar refractivity (Wildman–Crippen MR) is 470 cm³/mol. The number of rotatable bonds is 8. The quantitative estimate of drug-likeness (QED) is 0.130. The fourth-order valence-electron chi connectivity index (χ4n) is 12.1. The van der Waals surface area contributed by atoms with Crippen LogP contribution in [0.25, 0.3) is 22.3 Å². The van der Waals surface area contributed by atoms with E-state index in [9.17, 15) is 0 Å². The van der Waals surface area contributed by atoms with E-state index in [0.29, 0.717) is 35.8 Å². The van der Waals surface area contributed by atoms with Crippen molar-refractivity contribution >= 4 is 86.9 Å². The molecule has 0 saturated carbocycles. The molecule has 104 heavy (non-hydrogen) atoms. The van der Waals surface area contributed by atoms with E-state index in [1.54, 1.807) is 28.4 Å². The average Bonchev–Trinajstić information content (AvgIpc) is 1.60. The highest BCUT2D eigenvalue weighted by Gasteiger charge is 2.31. The van der Waals surface area contributed by atoms with Gasteiger partial charge in [-0.25, -0.2) is 0 Å². The molecular formula is C92H106O4Si8. The van der Waals surface area contributed by atoms with Crippen LogP contribution in [0, 0.1) is 91.7 Å². The highest BCUT2D eigenvalue weighted by atomic mass is 28.3. The number of benzene rings is 4. The van der Waals surface area contributed by atoms with Crippen molar-refractivity contribution in [2.75, 3.05) is 28.4 Å². The molecule has 5 aliphatic carbocycles. The number of ether oxygens (including phenoxy) is 4. The summed E-state index contributed by atoms with van der Waals surface area (Å²) < 4.78 is 25.6. The second-order valence-electron chi connectivity index (χ2n) is 35.8. The summed E-state index contributed by atoms with van der Waals surface area (Å²) in [6.07, 6.45) is 24.7. The van der Waals surface area contributed by atoms with Gasteiger partial charge < -0.3 is 18.9 Å². The van der Waals surface area contributed by atoms with Gasteiger partial charge in [0.15, 0.2) is 0 Å². The van der Waals surface area contributed by atoms with E-state index >= 15 is 0 Å². The van der Waals surface area contributed by atoms with Gasteiger partial charge in [0.1, 0.15) is 87.6 Å². The van der Waals surface area contributed by atoms with Crippen molar-refractivity contribution in [2.45, 2.75) is 170 Å². The van der Waals surface area contributed by atoms with E-state index in [4.69, 9.17) is 18.9 Å². The Balaban J connectivity index is 1.52. The molecule has 0 fully saturated rings. The van der Waals surface area contributed by atoms with E-state index in [-0.39, 0.29) is 0 Å². The molecule has 0 saturated heterocycles. The maximum Gasteiger partial charge on any atom is 0.150 e. The summed E-state index contributed by atoms with van der Waals surface area (Å²) in [6, 6.07) is 18.1. The zero-order chi connectivity index (χ0) is 76.5. The molecule has 0 unspecified atom stereocenters. The van der Waals surface area contributed by atoms with Gasteiger partial charge in [-0.3, -0.25) is 0 Å². The highest BCUT2D eigenvalue weighted by Crippen LogP contribution is 2.50. The smallest absolute Gasteiger partial charge is 0.150 e. The third-order valence-electron chi connectivity index (χ3n) is 16.6. The fraction of sp³-hybridized carbons (Fsp3) is 0.326. The largest absolute Gasteiger partial charge is 0.494 e. The van der Waals surface area contributed by atoms with Gasteiger partial charge in [0.05, 0.1) is 72.9 Å². The molecule has 0 atom stereocenters. The van der Waals surface area contributed by atoms with Crippen LogP contribution in [0.4, 0.5) is 0 Å². The zero-order valence-electron chi connectivity index (χ0n) is 67.4. The second kappa shape index (κ2) is 30.9. The molecule has 8 bridgehead atoms. The van der Waals surface area contributed by atoms with Crippen LogP contribution in [0.1, 0.15) is 79.6 Å². The first kappa shape index (κ1) is 79.5. The molecule has 4 aromatic rings. The lowest BCUT2D eigenvalue weighted by molar-refractivity contribution is 0.412. The maximum atomic E-state index is 6.39. The van der Waals surface area contributed by atoms with Crippen LogP contribution in [0.5, 0.6) is 23.0 Å². The van der Waals surface area contributed by atoms with Gasteiger partial charge in [0.2, 0.25) is 0 Å². The lowest BCUT2D eigenvalue weighted by Gasteiger charge is -2.20. The topological polar surface area (TPSA) is 36.9 Å². The molecule has 5 aliphatic rings. The molecule has 0 aromatic heterocycles. The number of methoxy groups -OCH3 is 4. The van der Waals surface area contributed by atoms with Crippen LogP contribution in [-0.4, -0.2) is 93.0 Å². The van der Waals surface area contributed by atoms with Crippen molar-refractivity contribution in [3.05, 3.63) is 221 Å². The minimum Gasteiger partial charge on any atom is -0.494 e. The second-order valence-corrected chi connectivity index (χ2v) is 73.8. The van der Waals surface area contributed by atoms with Crippen molar-refractivity contribution in [1.82, 2.24) is 0 Å². The SMILES string of the molecule is COc1c(C#C[Si](C)(C)C)cc(C2=C3C=CC(=C3)C(c3cc(C#C[Si](C)(C)C)c(OC)c(C#C[Si](C)(C)C)c3)=C3C=CC(=C(c4cc(C#C[Si](C)(C)C)c(OC)c(C#C[Si](C)(C)C)c4)C4=CC(=C(c5cc(C#C[Si](C)(C)C)c(OC)c(C#C[Si](C)(C)C)c5)C5=CC=C2C5)C=C4)C3)cc1C#C[Si](C)(C)C. The van der Waals surface area contributed by atoms with Crippen molar-refractivity contribution in [3.8, 4) is 115 Å². The third-order valence-corrected chi connectivity index (χ3v) is 23.6. The molecule has 0 radical (unpaired) electrons. The summed E-state index contributed by atoms with van der Waals surface area (Å²) in [4.78, 5) is 0. The van der Waals surface area contributed by atoms with Gasteiger partial charge in [-0.05, 0) is 163 Å². The lowest BCUT2D eigenvalue weighted by Crippen LogP contribution is -2.16. The molecule has 0 heterocycles. The van der Waals surface area contributed by atoms with E-state index < -0.39 is 64.6 Å². The van der Waals surface area contributed by atoms with Crippen molar-refractivity contribution in [1.29, 1.82) is 0 Å². The third kappa shape index (κ3) is 20.9. The monoisotopic (exact) mass is 1500 g/mol. The summed E-state index contributed by atoms with van der Waals surface area (Å²) in [6.45, 7) is 54.9. The van der Waals surface area contributed by atoms with Crippen molar-refractivity contribution < 1.29 is 18.9 Å². The van der Waals surface area contributed by atoms with Gasteiger partial charge in [0, 0.05) is 0 Å². The van der Waals surface area contributed by atoms with Gasteiger partial charge in [-0.1, -0.05) is 253 Å². The molecule has 530 valence electrons. The van der Waals surface area contributed by atoms with Gasteiger partial charge in [-0.15, -0.1) is 44.3 Å². The Morgan fingerprint density at radius 1 is 0.250 bits per heavy atom. The van der Waals surface area contributed by atoms with Gasteiger partial charge in [0.25, 0.3) is 0 Å². The molecule has 12 heteroatoms. The molecule has 0 spiro atoms. The Morgan fingerprint density at radius 2 is 0.452 bits per heavy atom. The van der Waals surface area contributed by atoms with E-state index in [2.05, 4.69) is 358 Å². The molecule has 4 aromatic carbocycles. The Bertz CT molecular complexity index is 4670. The Hall–Kier alpha value is -8.56.